The minimum atomic E-state index is -4.44. The second-order valence-electron chi connectivity index (χ2n) is 16.4. The van der Waals surface area contributed by atoms with Crippen molar-refractivity contribution in [2.45, 2.75) is 200 Å². The molecule has 9 nitrogen and oxygen atoms in total. The Morgan fingerprint density at radius 2 is 0.877 bits per heavy atom. The zero-order valence-electron chi connectivity index (χ0n) is 40.9. The van der Waals surface area contributed by atoms with Gasteiger partial charge in [0.25, 0.3) is 0 Å². The number of hydrogen-bond acceptors (Lipinski definition) is 7. The van der Waals surface area contributed by atoms with E-state index in [4.69, 9.17) is 13.8 Å². The van der Waals surface area contributed by atoms with Crippen molar-refractivity contribution >= 4 is 19.7 Å². The second-order valence-corrected chi connectivity index (χ2v) is 17.9. The fourth-order valence-corrected chi connectivity index (χ4v) is 7.15. The van der Waals surface area contributed by atoms with Crippen molar-refractivity contribution in [1.82, 2.24) is 5.32 Å². The Labute approximate surface area is 397 Å². The Hall–Kier alpha value is -3.33. The molecule has 0 rings (SSSR count). The predicted molar refractivity (Wildman–Crippen MR) is 275 cm³/mol. The Balaban J connectivity index is 3.66. The highest BCUT2D eigenvalue weighted by molar-refractivity contribution is 7.47. The number of aliphatic hydroxyl groups excluding tert-OH is 1. The third kappa shape index (κ3) is 51.5. The summed E-state index contributed by atoms with van der Waals surface area (Å²) in [6.07, 6.45) is 67.3. The van der Waals surface area contributed by atoms with Crippen molar-refractivity contribution in [3.63, 3.8) is 0 Å². The van der Waals surface area contributed by atoms with Crippen LogP contribution in [0, 0.1) is 0 Å². The maximum Gasteiger partial charge on any atom is 0.472 e. The topological polar surface area (TPSA) is 131 Å². The number of ether oxygens (including phenoxy) is 1. The number of amides is 1. The van der Waals surface area contributed by atoms with E-state index in [0.29, 0.717) is 12.8 Å². The second kappa shape index (κ2) is 50.1. The Kier molecular flexibility index (Phi) is 47.5. The average Bonchev–Trinajstić information content (AvgIpc) is 3.29. The van der Waals surface area contributed by atoms with Gasteiger partial charge in [0.1, 0.15) is 12.7 Å². The van der Waals surface area contributed by atoms with E-state index < -0.39 is 26.5 Å². The van der Waals surface area contributed by atoms with Crippen LogP contribution in [0.25, 0.3) is 0 Å². The lowest BCUT2D eigenvalue weighted by molar-refractivity contribution is -0.147. The van der Waals surface area contributed by atoms with Gasteiger partial charge in [0.15, 0.2) is 0 Å². The first-order valence-corrected chi connectivity index (χ1v) is 26.9. The lowest BCUT2D eigenvalue weighted by Gasteiger charge is -2.15. The smallest absolute Gasteiger partial charge is 0.463 e. The SMILES string of the molecule is CC/C=C\C/C=C\C/C=C\C/C=C\C/C=C\CCCCCCCC(=O)OCC(O)COP(=O)(O)OCCNC(=O)CCCCCCCCC/C=C\C/C=C\C/C=C\C/C=C\CCCCC. The average molecular weight is 926 g/mol. The van der Waals surface area contributed by atoms with Crippen molar-refractivity contribution in [2.75, 3.05) is 26.4 Å². The molecule has 2 atom stereocenters. The molecular formula is C55H92NO8P. The van der Waals surface area contributed by atoms with Crippen LogP contribution < -0.4 is 5.32 Å². The van der Waals surface area contributed by atoms with Crippen molar-refractivity contribution in [2.24, 2.45) is 0 Å². The summed E-state index contributed by atoms with van der Waals surface area (Å²) in [6, 6.07) is 0. The largest absolute Gasteiger partial charge is 0.472 e. The number of phosphoric acid groups is 1. The molecule has 370 valence electrons. The van der Waals surface area contributed by atoms with Crippen LogP contribution in [-0.4, -0.2) is 54.3 Å². The monoisotopic (exact) mass is 926 g/mol. The Bertz CT molecular complexity index is 1430. The van der Waals surface area contributed by atoms with Crippen LogP contribution in [0.2, 0.25) is 0 Å². The minimum absolute atomic E-state index is 0.0661. The zero-order chi connectivity index (χ0) is 47.4. The van der Waals surface area contributed by atoms with Crippen LogP contribution >= 0.6 is 7.82 Å². The number of unbranched alkanes of at least 4 members (excludes halogenated alkanes) is 15. The number of allylic oxidation sites excluding steroid dienone is 18. The Morgan fingerprint density at radius 3 is 1.32 bits per heavy atom. The predicted octanol–water partition coefficient (Wildman–Crippen LogP) is 15.1. The summed E-state index contributed by atoms with van der Waals surface area (Å²) < 4.78 is 27.0. The summed E-state index contributed by atoms with van der Waals surface area (Å²) in [7, 11) is -4.44. The molecule has 0 aliphatic heterocycles. The molecule has 0 heterocycles. The van der Waals surface area contributed by atoms with Gasteiger partial charge < -0.3 is 20.1 Å². The first-order chi connectivity index (χ1) is 31.8. The van der Waals surface area contributed by atoms with E-state index in [1.807, 2.05) is 0 Å². The van der Waals surface area contributed by atoms with Crippen LogP contribution in [0.4, 0.5) is 0 Å². The third-order valence-electron chi connectivity index (χ3n) is 10.2. The van der Waals surface area contributed by atoms with E-state index in [9.17, 15) is 24.2 Å². The van der Waals surface area contributed by atoms with Crippen LogP contribution in [0.1, 0.15) is 194 Å². The van der Waals surface area contributed by atoms with E-state index in [-0.39, 0.29) is 32.1 Å². The molecule has 0 radical (unpaired) electrons. The first-order valence-electron chi connectivity index (χ1n) is 25.4. The molecule has 0 spiro atoms. The molecule has 0 aliphatic rings. The number of esters is 1. The number of carbonyl (C=O) groups excluding carboxylic acids is 2. The van der Waals surface area contributed by atoms with Crippen molar-refractivity contribution < 1.29 is 37.9 Å². The van der Waals surface area contributed by atoms with Gasteiger partial charge in [-0.3, -0.25) is 18.6 Å². The summed E-state index contributed by atoms with van der Waals surface area (Å²) in [6.45, 7) is 3.37. The van der Waals surface area contributed by atoms with Crippen LogP contribution in [0.5, 0.6) is 0 Å². The highest BCUT2D eigenvalue weighted by atomic mass is 31.2. The summed E-state index contributed by atoms with van der Waals surface area (Å²) in [5.41, 5.74) is 0. The highest BCUT2D eigenvalue weighted by Crippen LogP contribution is 2.42. The van der Waals surface area contributed by atoms with E-state index in [1.165, 1.54) is 51.4 Å². The maximum absolute atomic E-state index is 12.2. The minimum Gasteiger partial charge on any atom is -0.463 e. The maximum atomic E-state index is 12.2. The molecule has 0 aromatic carbocycles. The van der Waals surface area contributed by atoms with E-state index in [0.717, 1.165) is 109 Å². The van der Waals surface area contributed by atoms with E-state index in [2.05, 4.69) is 129 Å². The fourth-order valence-electron chi connectivity index (χ4n) is 6.39. The zero-order valence-corrected chi connectivity index (χ0v) is 41.8. The molecule has 0 saturated carbocycles. The van der Waals surface area contributed by atoms with Crippen molar-refractivity contribution in [1.29, 1.82) is 0 Å². The van der Waals surface area contributed by atoms with Gasteiger partial charge in [-0.15, -0.1) is 0 Å². The summed E-state index contributed by atoms with van der Waals surface area (Å²) in [5.74, 6) is -0.553. The Morgan fingerprint density at radius 1 is 0.492 bits per heavy atom. The number of phosphoric ester groups is 1. The number of hydrogen-bond donors (Lipinski definition) is 3. The third-order valence-corrected chi connectivity index (χ3v) is 11.2. The highest BCUT2D eigenvalue weighted by Gasteiger charge is 2.23. The van der Waals surface area contributed by atoms with Gasteiger partial charge in [-0.05, 0) is 103 Å². The summed E-state index contributed by atoms with van der Waals surface area (Å²) in [4.78, 5) is 34.1. The molecule has 0 aromatic heterocycles. The van der Waals surface area contributed by atoms with Crippen molar-refractivity contribution in [3.8, 4) is 0 Å². The standard InChI is InChI=1S/C55H92NO8P/c1-3-5-7-9-11-13-15-17-19-21-23-25-26-28-29-31-33-35-37-39-41-43-45-47-54(58)56-49-50-63-65(60,61)64-52-53(57)51-62-55(59)48-46-44-42-40-38-36-34-32-30-27-24-22-20-18-16-14-12-10-8-6-4-2/h6,8,11-14,17-20,23-25,27-29,32,34,53,57H,3-5,7,9-10,15-16,21-22,26,30-31,33,35-52H2,1-2H3,(H,56,58)(H,60,61)/b8-6-,13-11-,14-12-,19-17-,20-18-,25-23-,27-24-,29-28-,34-32-. The van der Waals surface area contributed by atoms with Gasteiger partial charge in [-0.1, -0.05) is 187 Å². The molecule has 0 bridgehead atoms. The van der Waals surface area contributed by atoms with Crippen LogP contribution in [0.15, 0.2) is 109 Å². The molecule has 65 heavy (non-hydrogen) atoms. The molecule has 1 amide bonds. The van der Waals surface area contributed by atoms with Gasteiger partial charge in [-0.25, -0.2) is 4.57 Å². The summed E-state index contributed by atoms with van der Waals surface area (Å²) >= 11 is 0. The van der Waals surface area contributed by atoms with E-state index in [1.54, 1.807) is 0 Å². The molecule has 3 N–H and O–H groups in total. The molecule has 2 unspecified atom stereocenters. The molecule has 0 saturated heterocycles. The lowest BCUT2D eigenvalue weighted by Crippen LogP contribution is -2.27. The van der Waals surface area contributed by atoms with Crippen molar-refractivity contribution in [3.05, 3.63) is 109 Å². The first kappa shape index (κ1) is 61.7. The van der Waals surface area contributed by atoms with Gasteiger partial charge in [0.05, 0.1) is 13.2 Å². The van der Waals surface area contributed by atoms with Gasteiger partial charge in [0.2, 0.25) is 5.91 Å². The fraction of sp³-hybridized carbons (Fsp3) is 0.636. The number of carbonyl (C=O) groups is 2. The van der Waals surface area contributed by atoms with Gasteiger partial charge >= 0.3 is 13.8 Å². The molecule has 0 aliphatic carbocycles. The van der Waals surface area contributed by atoms with Crippen LogP contribution in [0.3, 0.4) is 0 Å². The molecule has 10 heteroatoms. The molecule has 0 aromatic rings. The quantitative estimate of drug-likeness (QED) is 0.0238. The van der Waals surface area contributed by atoms with Crippen LogP contribution in [-0.2, 0) is 27.9 Å². The number of rotatable bonds is 46. The van der Waals surface area contributed by atoms with Gasteiger partial charge in [0, 0.05) is 19.4 Å². The summed E-state index contributed by atoms with van der Waals surface area (Å²) in [5, 5.41) is 12.7. The normalized spacial score (nSPS) is 14.1. The van der Waals surface area contributed by atoms with Gasteiger partial charge in [-0.2, -0.15) is 0 Å². The number of nitrogens with one attached hydrogen (secondary N) is 1. The van der Waals surface area contributed by atoms with E-state index >= 15 is 0 Å². The molecular weight excluding hydrogens is 834 g/mol. The molecule has 0 fully saturated rings. The number of aliphatic hydroxyl groups is 1. The lowest BCUT2D eigenvalue weighted by atomic mass is 10.1.